The first-order valence-electron chi connectivity index (χ1n) is 8.07. The third-order valence-corrected chi connectivity index (χ3v) is 5.67. The number of rotatable bonds is 3. The lowest BCUT2D eigenvalue weighted by atomic mass is 9.72. The van der Waals surface area contributed by atoms with Gasteiger partial charge in [-0.3, -0.25) is 14.9 Å². The number of nitrogens with one attached hydrogen (secondary N) is 2. The maximum Gasteiger partial charge on any atom is 0.272 e. The van der Waals surface area contributed by atoms with Crippen LogP contribution in [0.5, 0.6) is 0 Å². The first kappa shape index (κ1) is 12.4. The van der Waals surface area contributed by atoms with E-state index in [9.17, 15) is 4.79 Å². The van der Waals surface area contributed by atoms with Crippen molar-refractivity contribution in [3.8, 4) is 0 Å². The van der Waals surface area contributed by atoms with Gasteiger partial charge in [0.1, 0.15) is 0 Å². The topological polar surface area (TPSA) is 70.7 Å². The number of amides is 1. The number of aromatic amines is 1. The zero-order valence-electron chi connectivity index (χ0n) is 12.3. The van der Waals surface area contributed by atoms with E-state index in [1.54, 1.807) is 12.4 Å². The monoisotopic (exact) mass is 294 g/mol. The van der Waals surface area contributed by atoms with Crippen molar-refractivity contribution in [1.82, 2.24) is 20.5 Å². The minimum absolute atomic E-state index is 0.0321. The van der Waals surface area contributed by atoms with Gasteiger partial charge in [-0.2, -0.15) is 5.10 Å². The number of nitrogens with zero attached hydrogens (tertiary/aromatic N) is 2. The SMILES string of the molecule is O=C(NC1(c2ccncc2)CCC1)c1n[nH]c2c1CC1CC21. The van der Waals surface area contributed by atoms with Crippen molar-refractivity contribution >= 4 is 5.91 Å². The average Bonchev–Trinajstić information content (AvgIpc) is 2.99. The number of H-pyrrole nitrogens is 1. The molecular weight excluding hydrogens is 276 g/mol. The molecule has 0 spiro atoms. The Morgan fingerprint density at radius 2 is 2.14 bits per heavy atom. The van der Waals surface area contributed by atoms with Gasteiger partial charge in [0.15, 0.2) is 5.69 Å². The third kappa shape index (κ3) is 1.62. The van der Waals surface area contributed by atoms with Crippen molar-refractivity contribution < 1.29 is 4.79 Å². The Balaban J connectivity index is 1.43. The van der Waals surface area contributed by atoms with Gasteiger partial charge in [-0.15, -0.1) is 0 Å². The van der Waals surface area contributed by atoms with Crippen molar-refractivity contribution in [2.24, 2.45) is 5.92 Å². The second kappa shape index (κ2) is 4.18. The van der Waals surface area contributed by atoms with Gasteiger partial charge in [0.05, 0.1) is 5.54 Å². The van der Waals surface area contributed by atoms with Gasteiger partial charge in [-0.25, -0.2) is 0 Å². The first-order chi connectivity index (χ1) is 10.8. The molecule has 5 heteroatoms. The Labute approximate surface area is 128 Å². The Bertz CT molecular complexity index is 747. The summed E-state index contributed by atoms with van der Waals surface area (Å²) in [5, 5.41) is 10.7. The zero-order chi connectivity index (χ0) is 14.7. The standard InChI is InChI=1S/C17H18N4O/c22-16(15-13-9-10-8-12(10)14(13)20-21-15)19-17(4-1-5-17)11-2-6-18-7-3-11/h2-3,6-7,10,12H,1,4-5,8-9H2,(H,19,22)(H,20,21). The fourth-order valence-electron chi connectivity index (χ4n) is 4.13. The molecule has 3 aliphatic carbocycles. The first-order valence-corrected chi connectivity index (χ1v) is 8.07. The summed E-state index contributed by atoms with van der Waals surface area (Å²) in [5.74, 6) is 1.37. The molecule has 2 unspecified atom stereocenters. The molecule has 2 aromatic rings. The maximum atomic E-state index is 12.8. The number of carbonyl (C=O) groups excluding carboxylic acids is 1. The Hall–Kier alpha value is -2.17. The number of pyridine rings is 1. The van der Waals surface area contributed by atoms with Crippen LogP contribution in [0, 0.1) is 5.92 Å². The quantitative estimate of drug-likeness (QED) is 0.912. The Kier molecular flexibility index (Phi) is 2.35. The molecule has 2 heterocycles. The summed E-state index contributed by atoms with van der Waals surface area (Å²) < 4.78 is 0. The van der Waals surface area contributed by atoms with E-state index in [-0.39, 0.29) is 11.4 Å². The molecule has 0 aromatic carbocycles. The van der Waals surface area contributed by atoms with Crippen LogP contribution in [0.15, 0.2) is 24.5 Å². The number of hydrogen-bond acceptors (Lipinski definition) is 3. The van der Waals surface area contributed by atoms with Crippen LogP contribution in [0.2, 0.25) is 0 Å². The molecule has 2 aromatic heterocycles. The van der Waals surface area contributed by atoms with Crippen LogP contribution in [0.25, 0.3) is 0 Å². The predicted octanol–water partition coefficient (Wildman–Crippen LogP) is 2.27. The lowest BCUT2D eigenvalue weighted by Gasteiger charge is -2.42. The number of aromatic nitrogens is 3. The molecule has 0 radical (unpaired) electrons. The lowest BCUT2D eigenvalue weighted by Crippen LogP contribution is -2.51. The van der Waals surface area contributed by atoms with Gasteiger partial charge in [0, 0.05) is 29.6 Å². The van der Waals surface area contributed by atoms with Crippen LogP contribution in [0.4, 0.5) is 0 Å². The van der Waals surface area contributed by atoms with Gasteiger partial charge >= 0.3 is 0 Å². The largest absolute Gasteiger partial charge is 0.341 e. The molecule has 0 bridgehead atoms. The van der Waals surface area contributed by atoms with E-state index in [0.717, 1.165) is 42.7 Å². The van der Waals surface area contributed by atoms with Gasteiger partial charge in [0.2, 0.25) is 0 Å². The minimum atomic E-state index is -0.229. The highest BCUT2D eigenvalue weighted by atomic mass is 16.2. The predicted molar refractivity (Wildman–Crippen MR) is 80.4 cm³/mol. The Morgan fingerprint density at radius 1 is 1.32 bits per heavy atom. The van der Waals surface area contributed by atoms with Crippen molar-refractivity contribution in [2.45, 2.75) is 43.6 Å². The van der Waals surface area contributed by atoms with E-state index in [2.05, 4.69) is 20.5 Å². The smallest absolute Gasteiger partial charge is 0.272 e. The summed E-state index contributed by atoms with van der Waals surface area (Å²) in [6, 6.07) is 4.01. The van der Waals surface area contributed by atoms with E-state index in [1.165, 1.54) is 12.1 Å². The van der Waals surface area contributed by atoms with Crippen LogP contribution in [-0.2, 0) is 12.0 Å². The van der Waals surface area contributed by atoms with Crippen LogP contribution >= 0.6 is 0 Å². The van der Waals surface area contributed by atoms with E-state index in [4.69, 9.17) is 0 Å². The van der Waals surface area contributed by atoms with E-state index in [1.807, 2.05) is 12.1 Å². The number of hydrogen-bond donors (Lipinski definition) is 2. The fraction of sp³-hybridized carbons (Fsp3) is 0.471. The zero-order valence-corrected chi connectivity index (χ0v) is 12.3. The van der Waals surface area contributed by atoms with Crippen LogP contribution in [0.3, 0.4) is 0 Å². The van der Waals surface area contributed by atoms with Crippen molar-refractivity contribution in [2.75, 3.05) is 0 Å². The summed E-state index contributed by atoms with van der Waals surface area (Å²) in [6.45, 7) is 0. The second-order valence-corrected chi connectivity index (χ2v) is 6.90. The molecule has 5 nitrogen and oxygen atoms in total. The third-order valence-electron chi connectivity index (χ3n) is 5.67. The Morgan fingerprint density at radius 3 is 2.86 bits per heavy atom. The summed E-state index contributed by atoms with van der Waals surface area (Å²) in [7, 11) is 0. The van der Waals surface area contributed by atoms with Crippen LogP contribution in [0.1, 0.15) is 58.9 Å². The van der Waals surface area contributed by atoms with Gasteiger partial charge in [-0.1, -0.05) is 0 Å². The molecular formula is C17H18N4O. The molecule has 2 N–H and O–H groups in total. The highest BCUT2D eigenvalue weighted by Crippen LogP contribution is 2.56. The van der Waals surface area contributed by atoms with E-state index in [0.29, 0.717) is 11.6 Å². The molecule has 2 saturated carbocycles. The number of fused-ring (bicyclic) bond motifs is 3. The molecule has 22 heavy (non-hydrogen) atoms. The minimum Gasteiger partial charge on any atom is -0.341 e. The molecule has 2 atom stereocenters. The van der Waals surface area contributed by atoms with Gasteiger partial charge in [0.25, 0.3) is 5.91 Å². The van der Waals surface area contributed by atoms with Gasteiger partial charge < -0.3 is 5.32 Å². The molecule has 3 aliphatic rings. The van der Waals surface area contributed by atoms with Crippen molar-refractivity contribution in [3.05, 3.63) is 47.0 Å². The molecule has 5 rings (SSSR count). The lowest BCUT2D eigenvalue weighted by molar-refractivity contribution is 0.0817. The normalized spacial score (nSPS) is 26.7. The van der Waals surface area contributed by atoms with Crippen LogP contribution < -0.4 is 5.32 Å². The second-order valence-electron chi connectivity index (χ2n) is 6.90. The molecule has 112 valence electrons. The van der Waals surface area contributed by atoms with Gasteiger partial charge in [-0.05, 0) is 55.7 Å². The van der Waals surface area contributed by atoms with E-state index >= 15 is 0 Å². The highest BCUT2D eigenvalue weighted by molar-refractivity contribution is 5.95. The molecule has 0 saturated heterocycles. The average molecular weight is 294 g/mol. The van der Waals surface area contributed by atoms with Crippen molar-refractivity contribution in [1.29, 1.82) is 0 Å². The summed E-state index contributed by atoms with van der Waals surface area (Å²) in [4.78, 5) is 16.8. The fourth-order valence-corrected chi connectivity index (χ4v) is 4.13. The molecule has 2 fully saturated rings. The number of carbonyl (C=O) groups is 1. The summed E-state index contributed by atoms with van der Waals surface area (Å²) >= 11 is 0. The van der Waals surface area contributed by atoms with Crippen molar-refractivity contribution in [3.63, 3.8) is 0 Å². The maximum absolute atomic E-state index is 12.8. The molecule has 1 amide bonds. The van der Waals surface area contributed by atoms with E-state index < -0.39 is 0 Å². The molecule has 0 aliphatic heterocycles. The highest BCUT2D eigenvalue weighted by Gasteiger charge is 2.49. The summed E-state index contributed by atoms with van der Waals surface area (Å²) in [6.07, 6.45) is 8.98. The van der Waals surface area contributed by atoms with Crippen LogP contribution in [-0.4, -0.2) is 21.1 Å². The summed E-state index contributed by atoms with van der Waals surface area (Å²) in [5.41, 5.74) is 3.90.